The van der Waals surface area contributed by atoms with Crippen LogP contribution in [-0.2, 0) is 14.3 Å². The lowest BCUT2D eigenvalue weighted by Gasteiger charge is -2.09. The first kappa shape index (κ1) is 12.6. The molecule has 1 aliphatic rings. The molecule has 1 fully saturated rings. The second kappa shape index (κ2) is 5.06. The highest BCUT2D eigenvalue weighted by atomic mass is 19.3. The largest absolute Gasteiger partial charge is 0.456 e. The number of esters is 1. The summed E-state index contributed by atoms with van der Waals surface area (Å²) in [5.74, 6) is -4.89. The van der Waals surface area contributed by atoms with Gasteiger partial charge in [-0.15, -0.1) is 0 Å². The highest BCUT2D eigenvalue weighted by Crippen LogP contribution is 2.30. The summed E-state index contributed by atoms with van der Waals surface area (Å²) < 4.78 is 34.2. The maximum atomic E-state index is 12.7. The van der Waals surface area contributed by atoms with Crippen molar-refractivity contribution in [2.75, 3.05) is 19.7 Å². The van der Waals surface area contributed by atoms with E-state index in [1.165, 1.54) is 0 Å². The zero-order chi connectivity index (χ0) is 12.2. The van der Waals surface area contributed by atoms with E-state index in [0.29, 0.717) is 0 Å². The van der Waals surface area contributed by atoms with E-state index in [4.69, 9.17) is 5.73 Å². The second-order valence-electron chi connectivity index (χ2n) is 3.31. The lowest BCUT2D eigenvalue weighted by Crippen LogP contribution is -2.30. The van der Waals surface area contributed by atoms with Crippen LogP contribution >= 0.6 is 0 Å². The normalized spacial score (nSPS) is 22.9. The smallest absolute Gasteiger partial charge is 0.404 e. The minimum Gasteiger partial charge on any atom is -0.456 e. The summed E-state index contributed by atoms with van der Waals surface area (Å²) in [7, 11) is 0. The van der Waals surface area contributed by atoms with Gasteiger partial charge >= 0.3 is 18.0 Å². The van der Waals surface area contributed by atoms with Crippen molar-refractivity contribution >= 4 is 12.1 Å². The van der Waals surface area contributed by atoms with Gasteiger partial charge in [-0.05, 0) is 0 Å². The van der Waals surface area contributed by atoms with Crippen molar-refractivity contribution in [3.63, 3.8) is 0 Å². The Bertz CT molecular complexity index is 285. The van der Waals surface area contributed by atoms with Crippen molar-refractivity contribution in [3.05, 3.63) is 0 Å². The van der Waals surface area contributed by atoms with Crippen LogP contribution in [0.5, 0.6) is 0 Å². The first-order valence-electron chi connectivity index (χ1n) is 4.63. The van der Waals surface area contributed by atoms with Crippen molar-refractivity contribution in [3.8, 4) is 0 Å². The van der Waals surface area contributed by atoms with Gasteiger partial charge in [0.2, 0.25) is 0 Å². The topological polar surface area (TPSA) is 90.7 Å². The third-order valence-electron chi connectivity index (χ3n) is 1.95. The number of hydrogen-bond donors (Lipinski definition) is 2. The van der Waals surface area contributed by atoms with Crippen LogP contribution in [-0.4, -0.2) is 43.8 Å². The molecule has 16 heavy (non-hydrogen) atoms. The van der Waals surface area contributed by atoms with Crippen LogP contribution in [0.15, 0.2) is 0 Å². The maximum absolute atomic E-state index is 12.7. The molecule has 0 aromatic carbocycles. The molecule has 1 heterocycles. The Hall–Kier alpha value is -1.44. The molecule has 0 aliphatic carbocycles. The highest BCUT2D eigenvalue weighted by molar-refractivity contribution is 5.79. The van der Waals surface area contributed by atoms with Crippen LogP contribution < -0.4 is 11.1 Å². The molecule has 0 spiro atoms. The predicted molar refractivity (Wildman–Crippen MR) is 47.8 cm³/mol. The number of carbonyl (C=O) groups is 2. The van der Waals surface area contributed by atoms with E-state index in [-0.39, 0.29) is 19.7 Å². The monoisotopic (exact) mass is 238 g/mol. The second-order valence-corrected chi connectivity index (χ2v) is 3.31. The Morgan fingerprint density at radius 2 is 2.38 bits per heavy atom. The Balaban J connectivity index is 2.11. The molecule has 6 nitrogen and oxygen atoms in total. The summed E-state index contributed by atoms with van der Waals surface area (Å²) in [6, 6.07) is 0. The molecule has 0 aromatic rings. The average molecular weight is 238 g/mol. The van der Waals surface area contributed by atoms with Gasteiger partial charge in [0.15, 0.2) is 0 Å². The average Bonchev–Trinajstić information content (AvgIpc) is 2.39. The van der Waals surface area contributed by atoms with E-state index < -0.39 is 30.5 Å². The fourth-order valence-electron chi connectivity index (χ4n) is 1.25. The SMILES string of the molecule is NC(=O)OCCNCC1CC(F)(F)C(=O)O1. The summed E-state index contributed by atoms with van der Waals surface area (Å²) in [6.45, 7) is 0.373. The van der Waals surface area contributed by atoms with Gasteiger partial charge in [-0.1, -0.05) is 0 Å². The number of cyclic esters (lactones) is 1. The van der Waals surface area contributed by atoms with E-state index in [2.05, 4.69) is 14.8 Å². The predicted octanol–water partition coefficient (Wildman–Crippen LogP) is -0.378. The van der Waals surface area contributed by atoms with Crippen molar-refractivity contribution in [1.29, 1.82) is 0 Å². The number of nitrogens with two attached hydrogens (primary N) is 1. The van der Waals surface area contributed by atoms with Crippen LogP contribution in [0.25, 0.3) is 0 Å². The lowest BCUT2D eigenvalue weighted by atomic mass is 10.2. The van der Waals surface area contributed by atoms with Gasteiger partial charge in [-0.2, -0.15) is 8.78 Å². The number of ether oxygens (including phenoxy) is 2. The van der Waals surface area contributed by atoms with E-state index in [1.54, 1.807) is 0 Å². The third-order valence-corrected chi connectivity index (χ3v) is 1.95. The van der Waals surface area contributed by atoms with Crippen LogP contribution in [0.4, 0.5) is 13.6 Å². The molecular formula is C8H12F2N2O4. The minimum atomic E-state index is -3.39. The van der Waals surface area contributed by atoms with Crippen molar-refractivity contribution in [1.82, 2.24) is 5.32 Å². The molecule has 0 radical (unpaired) electrons. The first-order chi connectivity index (χ1) is 7.42. The lowest BCUT2D eigenvalue weighted by molar-refractivity contribution is -0.159. The Morgan fingerprint density at radius 3 is 2.88 bits per heavy atom. The Kier molecular flexibility index (Phi) is 3.99. The summed E-state index contributed by atoms with van der Waals surface area (Å²) >= 11 is 0. The number of hydrogen-bond acceptors (Lipinski definition) is 5. The zero-order valence-corrected chi connectivity index (χ0v) is 8.37. The van der Waals surface area contributed by atoms with Crippen LogP contribution in [0.1, 0.15) is 6.42 Å². The number of carbonyl (C=O) groups excluding carboxylic acids is 2. The maximum Gasteiger partial charge on any atom is 0.404 e. The number of nitrogens with one attached hydrogen (secondary N) is 1. The summed E-state index contributed by atoms with van der Waals surface area (Å²) in [4.78, 5) is 20.7. The molecule has 3 N–H and O–H groups in total. The molecular weight excluding hydrogens is 226 g/mol. The van der Waals surface area contributed by atoms with Crippen LogP contribution in [0.2, 0.25) is 0 Å². The zero-order valence-electron chi connectivity index (χ0n) is 8.37. The van der Waals surface area contributed by atoms with Gasteiger partial charge in [-0.3, -0.25) is 0 Å². The number of rotatable bonds is 5. The molecule has 1 aliphatic heterocycles. The number of alkyl halides is 2. The van der Waals surface area contributed by atoms with Crippen LogP contribution in [0, 0.1) is 0 Å². The molecule has 1 amide bonds. The fraction of sp³-hybridized carbons (Fsp3) is 0.750. The fourth-order valence-corrected chi connectivity index (χ4v) is 1.25. The number of halogens is 2. The first-order valence-corrected chi connectivity index (χ1v) is 4.63. The van der Waals surface area contributed by atoms with Gasteiger partial charge in [0.1, 0.15) is 12.7 Å². The third kappa shape index (κ3) is 3.61. The standard InChI is InChI=1S/C8H12F2N2O4/c9-8(10)3-5(16-6(8)13)4-12-1-2-15-7(11)14/h5,12H,1-4H2,(H2,11,14). The van der Waals surface area contributed by atoms with Crippen molar-refractivity contribution < 1.29 is 27.8 Å². The molecule has 0 saturated carbocycles. The number of amides is 1. The van der Waals surface area contributed by atoms with Gasteiger partial charge < -0.3 is 20.5 Å². The Morgan fingerprint density at radius 1 is 1.69 bits per heavy atom. The molecule has 0 bridgehead atoms. The molecule has 1 unspecified atom stereocenters. The number of primary amides is 1. The molecule has 1 saturated heterocycles. The highest BCUT2D eigenvalue weighted by Gasteiger charge is 2.50. The molecule has 1 atom stereocenters. The van der Waals surface area contributed by atoms with E-state index in [0.717, 1.165) is 0 Å². The molecule has 0 aromatic heterocycles. The minimum absolute atomic E-state index is 0.0341. The van der Waals surface area contributed by atoms with Gasteiger partial charge in [-0.25, -0.2) is 9.59 Å². The van der Waals surface area contributed by atoms with Gasteiger partial charge in [0, 0.05) is 13.1 Å². The van der Waals surface area contributed by atoms with Crippen LogP contribution in [0.3, 0.4) is 0 Å². The molecule has 8 heteroatoms. The van der Waals surface area contributed by atoms with Gasteiger partial charge in [0.25, 0.3) is 0 Å². The molecule has 1 rings (SSSR count). The summed E-state index contributed by atoms with van der Waals surface area (Å²) in [6.07, 6.45) is -2.38. The van der Waals surface area contributed by atoms with Gasteiger partial charge in [0.05, 0.1) is 6.42 Å². The van der Waals surface area contributed by atoms with E-state index in [9.17, 15) is 18.4 Å². The molecule has 92 valence electrons. The quantitative estimate of drug-likeness (QED) is 0.503. The van der Waals surface area contributed by atoms with E-state index in [1.807, 2.05) is 0 Å². The Labute approximate surface area is 90.1 Å². The van der Waals surface area contributed by atoms with Crippen molar-refractivity contribution in [2.24, 2.45) is 5.73 Å². The van der Waals surface area contributed by atoms with Crippen molar-refractivity contribution in [2.45, 2.75) is 18.4 Å². The summed E-state index contributed by atoms with van der Waals surface area (Å²) in [5, 5.41) is 2.70. The summed E-state index contributed by atoms with van der Waals surface area (Å²) in [5.41, 5.74) is 4.69. The van der Waals surface area contributed by atoms with E-state index >= 15 is 0 Å².